The van der Waals surface area contributed by atoms with Crippen LogP contribution in [0.15, 0.2) is 6.20 Å². The van der Waals surface area contributed by atoms with Gasteiger partial charge in [-0.1, -0.05) is 11.6 Å². The summed E-state index contributed by atoms with van der Waals surface area (Å²) in [4.78, 5) is 0. The molecule has 0 aliphatic carbocycles. The molecule has 1 rings (SSSR count). The van der Waals surface area contributed by atoms with Crippen LogP contribution in [0.5, 0.6) is 0 Å². The van der Waals surface area contributed by atoms with Gasteiger partial charge in [-0.2, -0.15) is 5.10 Å². The zero-order chi connectivity index (χ0) is 11.5. The highest BCUT2D eigenvalue weighted by molar-refractivity contribution is 6.31. The third kappa shape index (κ3) is 2.93. The van der Waals surface area contributed by atoms with E-state index in [4.69, 9.17) is 11.6 Å². The summed E-state index contributed by atoms with van der Waals surface area (Å²) < 4.78 is 1.85. The first-order chi connectivity index (χ1) is 7.02. The molecule has 0 bridgehead atoms. The zero-order valence-electron chi connectivity index (χ0n) is 9.42. The maximum Gasteiger partial charge on any atom is 0.0814 e. The minimum Gasteiger partial charge on any atom is -0.394 e. The molecular weight excluding hydrogens is 214 g/mol. The van der Waals surface area contributed by atoms with E-state index in [9.17, 15) is 5.11 Å². The third-order valence-electron chi connectivity index (χ3n) is 2.87. The molecule has 2 N–H and O–H groups in total. The molecule has 5 heteroatoms. The topological polar surface area (TPSA) is 50.1 Å². The molecule has 1 heterocycles. The molecule has 15 heavy (non-hydrogen) atoms. The number of nitrogens with one attached hydrogen (secondary N) is 1. The fourth-order valence-corrected chi connectivity index (χ4v) is 1.43. The van der Waals surface area contributed by atoms with E-state index in [1.807, 2.05) is 25.6 Å². The van der Waals surface area contributed by atoms with Crippen molar-refractivity contribution in [2.24, 2.45) is 0 Å². The fraction of sp³-hybridized carbons (Fsp3) is 0.700. The molecule has 4 nitrogen and oxygen atoms in total. The lowest BCUT2D eigenvalue weighted by atomic mass is 9.99. The Bertz CT molecular complexity index is 320. The molecule has 0 aromatic carbocycles. The molecule has 0 amide bonds. The van der Waals surface area contributed by atoms with Crippen LogP contribution in [0.3, 0.4) is 0 Å². The number of aryl methyl sites for hydroxylation is 1. The van der Waals surface area contributed by atoms with Crippen molar-refractivity contribution in [2.45, 2.75) is 32.4 Å². The van der Waals surface area contributed by atoms with Crippen LogP contribution in [-0.4, -0.2) is 34.1 Å². The summed E-state index contributed by atoms with van der Waals surface area (Å²) in [7, 11) is 1.85. The van der Waals surface area contributed by atoms with E-state index in [-0.39, 0.29) is 12.1 Å². The zero-order valence-corrected chi connectivity index (χ0v) is 10.2. The Balaban J connectivity index is 2.60. The predicted octanol–water partition coefficient (Wildman–Crippen LogP) is 1.21. The van der Waals surface area contributed by atoms with Gasteiger partial charge in [-0.15, -0.1) is 0 Å². The van der Waals surface area contributed by atoms with Crippen LogP contribution in [0, 0.1) is 6.92 Å². The van der Waals surface area contributed by atoms with Gasteiger partial charge in [0.1, 0.15) is 0 Å². The Morgan fingerprint density at radius 2 is 2.33 bits per heavy atom. The quantitative estimate of drug-likeness (QED) is 0.801. The van der Waals surface area contributed by atoms with Crippen LogP contribution < -0.4 is 5.32 Å². The van der Waals surface area contributed by atoms with Gasteiger partial charge >= 0.3 is 0 Å². The molecule has 0 radical (unpaired) electrons. The van der Waals surface area contributed by atoms with Crippen molar-refractivity contribution >= 4 is 11.6 Å². The van der Waals surface area contributed by atoms with E-state index in [0.29, 0.717) is 5.02 Å². The predicted molar refractivity (Wildman–Crippen MR) is 61.1 cm³/mol. The summed E-state index contributed by atoms with van der Waals surface area (Å²) in [6.07, 6.45) is 2.45. The number of aromatic nitrogens is 2. The molecule has 0 fully saturated rings. The summed E-state index contributed by atoms with van der Waals surface area (Å²) in [6, 6.07) is 0. The van der Waals surface area contributed by atoms with Gasteiger partial charge in [0.15, 0.2) is 0 Å². The molecule has 0 saturated carbocycles. The second-order valence-electron chi connectivity index (χ2n) is 4.02. The molecule has 0 aliphatic heterocycles. The number of hydrogen-bond acceptors (Lipinski definition) is 3. The van der Waals surface area contributed by atoms with E-state index >= 15 is 0 Å². The summed E-state index contributed by atoms with van der Waals surface area (Å²) in [6.45, 7) is 4.77. The number of hydrogen-bond donors (Lipinski definition) is 2. The van der Waals surface area contributed by atoms with E-state index in [2.05, 4.69) is 10.4 Å². The average molecular weight is 232 g/mol. The maximum atomic E-state index is 9.22. The Labute approximate surface area is 95.2 Å². The highest BCUT2D eigenvalue weighted by atomic mass is 35.5. The van der Waals surface area contributed by atoms with Gasteiger partial charge in [-0.25, -0.2) is 0 Å². The highest BCUT2D eigenvalue weighted by Crippen LogP contribution is 2.16. The van der Waals surface area contributed by atoms with Crippen LogP contribution in [-0.2, 0) is 6.54 Å². The highest BCUT2D eigenvalue weighted by Gasteiger charge is 2.20. The third-order valence-corrected chi connectivity index (χ3v) is 3.24. The van der Waals surface area contributed by atoms with Gasteiger partial charge in [0.2, 0.25) is 0 Å². The van der Waals surface area contributed by atoms with Gasteiger partial charge in [-0.05, 0) is 27.3 Å². The van der Waals surface area contributed by atoms with Crippen molar-refractivity contribution < 1.29 is 5.11 Å². The van der Waals surface area contributed by atoms with Crippen molar-refractivity contribution in [2.75, 3.05) is 13.7 Å². The second kappa shape index (κ2) is 4.96. The smallest absolute Gasteiger partial charge is 0.0814 e. The van der Waals surface area contributed by atoms with Crippen LogP contribution in [0.4, 0.5) is 0 Å². The van der Waals surface area contributed by atoms with Crippen LogP contribution in [0.2, 0.25) is 5.02 Å². The number of nitrogens with zero attached hydrogens (tertiary/aromatic N) is 2. The SMILES string of the molecule is CNC(C)(CO)CCn1ncc(Cl)c1C. The van der Waals surface area contributed by atoms with Gasteiger partial charge in [-0.3, -0.25) is 4.68 Å². The molecule has 0 aliphatic rings. The normalized spacial score (nSPS) is 15.3. The lowest BCUT2D eigenvalue weighted by molar-refractivity contribution is 0.167. The minimum absolute atomic E-state index is 0.109. The molecule has 86 valence electrons. The molecular formula is C10H18ClN3O. The first-order valence-corrected chi connectivity index (χ1v) is 5.38. The first kappa shape index (κ1) is 12.5. The second-order valence-corrected chi connectivity index (χ2v) is 4.43. The first-order valence-electron chi connectivity index (χ1n) is 5.00. The van der Waals surface area contributed by atoms with Crippen molar-refractivity contribution in [1.29, 1.82) is 0 Å². The molecule has 0 saturated heterocycles. The fourth-order valence-electron chi connectivity index (χ4n) is 1.28. The largest absolute Gasteiger partial charge is 0.394 e. The van der Waals surface area contributed by atoms with Crippen LogP contribution in [0.25, 0.3) is 0 Å². The van der Waals surface area contributed by atoms with Crippen LogP contribution >= 0.6 is 11.6 Å². The summed E-state index contributed by atoms with van der Waals surface area (Å²) in [5.74, 6) is 0. The van der Waals surface area contributed by atoms with E-state index in [1.165, 1.54) is 0 Å². The molecule has 1 aromatic heterocycles. The van der Waals surface area contributed by atoms with Crippen molar-refractivity contribution in [3.05, 3.63) is 16.9 Å². The maximum absolute atomic E-state index is 9.22. The summed E-state index contributed by atoms with van der Waals surface area (Å²) >= 11 is 5.90. The monoisotopic (exact) mass is 231 g/mol. The number of aliphatic hydroxyl groups is 1. The lowest BCUT2D eigenvalue weighted by Crippen LogP contribution is -2.44. The Morgan fingerprint density at radius 1 is 1.67 bits per heavy atom. The number of rotatable bonds is 5. The lowest BCUT2D eigenvalue weighted by Gasteiger charge is -2.26. The number of halogens is 1. The Morgan fingerprint density at radius 3 is 2.73 bits per heavy atom. The molecule has 1 unspecified atom stereocenters. The molecule has 1 aromatic rings. The molecule has 1 atom stereocenters. The van der Waals surface area contributed by atoms with Crippen LogP contribution in [0.1, 0.15) is 19.0 Å². The summed E-state index contributed by atoms with van der Waals surface area (Å²) in [5, 5.41) is 17.2. The van der Waals surface area contributed by atoms with Gasteiger partial charge in [0.25, 0.3) is 0 Å². The standard InChI is InChI=1S/C10H18ClN3O/c1-8-9(11)6-13-14(8)5-4-10(2,7-15)12-3/h6,12,15H,4-5,7H2,1-3H3. The number of aliphatic hydroxyl groups excluding tert-OH is 1. The van der Waals surface area contributed by atoms with E-state index in [0.717, 1.165) is 18.7 Å². The Hall–Kier alpha value is -0.580. The van der Waals surface area contributed by atoms with E-state index in [1.54, 1.807) is 6.20 Å². The van der Waals surface area contributed by atoms with Gasteiger partial charge in [0.05, 0.1) is 23.5 Å². The van der Waals surface area contributed by atoms with Crippen molar-refractivity contribution in [1.82, 2.24) is 15.1 Å². The Kier molecular flexibility index (Phi) is 4.13. The van der Waals surface area contributed by atoms with Gasteiger partial charge < -0.3 is 10.4 Å². The van der Waals surface area contributed by atoms with E-state index < -0.39 is 0 Å². The van der Waals surface area contributed by atoms with Crippen molar-refractivity contribution in [3.63, 3.8) is 0 Å². The average Bonchev–Trinajstić information content (AvgIpc) is 2.57. The minimum atomic E-state index is -0.259. The number of likely N-dealkylation sites (N-methyl/N-ethyl adjacent to an activating group) is 1. The summed E-state index contributed by atoms with van der Waals surface area (Å²) in [5.41, 5.74) is 0.707. The van der Waals surface area contributed by atoms with Gasteiger partial charge in [0, 0.05) is 12.1 Å². The van der Waals surface area contributed by atoms with Crippen molar-refractivity contribution in [3.8, 4) is 0 Å². The molecule has 0 spiro atoms.